The maximum Gasteiger partial charge on any atom is 0.220 e. The Hall–Kier alpha value is -3.21. The molecule has 0 saturated heterocycles. The molecule has 1 amide bonds. The molecular formula is C67H115NO3. The minimum absolute atomic E-state index is 0.0913. The summed E-state index contributed by atoms with van der Waals surface area (Å²) in [6, 6.07) is -0.658. The third kappa shape index (κ3) is 57.6. The van der Waals surface area contributed by atoms with Crippen LogP contribution in [-0.2, 0) is 4.79 Å². The van der Waals surface area contributed by atoms with Gasteiger partial charge in [0.15, 0.2) is 0 Å². The first-order valence-electron chi connectivity index (χ1n) is 30.2. The van der Waals surface area contributed by atoms with E-state index in [1.807, 2.05) is 6.08 Å². The zero-order valence-corrected chi connectivity index (χ0v) is 46.7. The van der Waals surface area contributed by atoms with Crippen molar-refractivity contribution in [2.45, 2.75) is 289 Å². The molecule has 4 heteroatoms. The summed E-state index contributed by atoms with van der Waals surface area (Å²) in [5.41, 5.74) is 0. The molecule has 0 aromatic rings. The lowest BCUT2D eigenvalue weighted by Gasteiger charge is -2.19. The molecule has 0 fully saturated rings. The Balaban J connectivity index is 3.63. The van der Waals surface area contributed by atoms with Crippen molar-refractivity contribution in [1.82, 2.24) is 5.32 Å². The monoisotopic (exact) mass is 982 g/mol. The predicted molar refractivity (Wildman–Crippen MR) is 317 cm³/mol. The number of carbonyl (C=O) groups excluding carboxylic acids is 1. The lowest BCUT2D eigenvalue weighted by Crippen LogP contribution is -2.45. The minimum atomic E-state index is -0.879. The SMILES string of the molecule is CC/C=C\C/C=C\C/C=C\C/C=C\C/C=C\C/C=C\C/C=C\C/C=C\CCCCCCCCC(=O)NC(CO)C(O)/C=C/CC/C=C/CCCCCCCCCCCCCCCCCCCCCCCC. The normalized spacial score (nSPS) is 13.7. The number of carbonyl (C=O) groups is 1. The summed E-state index contributed by atoms with van der Waals surface area (Å²) in [5, 5.41) is 23.2. The second-order valence-electron chi connectivity index (χ2n) is 20.0. The molecule has 4 nitrogen and oxygen atoms in total. The molecule has 0 aliphatic carbocycles. The highest BCUT2D eigenvalue weighted by Gasteiger charge is 2.18. The van der Waals surface area contributed by atoms with E-state index in [0.29, 0.717) is 6.42 Å². The van der Waals surface area contributed by atoms with E-state index in [9.17, 15) is 15.0 Å². The molecule has 0 rings (SSSR count). The Kier molecular flexibility index (Phi) is 58.3. The van der Waals surface area contributed by atoms with Crippen molar-refractivity contribution >= 4 is 5.91 Å². The van der Waals surface area contributed by atoms with Crippen LogP contribution in [-0.4, -0.2) is 34.9 Å². The van der Waals surface area contributed by atoms with E-state index in [-0.39, 0.29) is 12.5 Å². The fraction of sp³-hybridized carbons (Fsp3) is 0.687. The van der Waals surface area contributed by atoms with Crippen LogP contribution >= 0.6 is 0 Å². The Labute approximate surface area is 441 Å². The molecule has 0 bridgehead atoms. The Morgan fingerprint density at radius 1 is 0.352 bits per heavy atom. The Bertz CT molecular complexity index is 1390. The molecule has 0 radical (unpaired) electrons. The first-order valence-corrected chi connectivity index (χ1v) is 30.2. The number of amides is 1. The molecule has 0 heterocycles. The highest BCUT2D eigenvalue weighted by molar-refractivity contribution is 5.76. The molecule has 406 valence electrons. The van der Waals surface area contributed by atoms with Gasteiger partial charge in [0.25, 0.3) is 0 Å². The van der Waals surface area contributed by atoms with E-state index in [1.54, 1.807) is 6.08 Å². The number of hydrogen-bond acceptors (Lipinski definition) is 3. The predicted octanol–water partition coefficient (Wildman–Crippen LogP) is 20.4. The maximum atomic E-state index is 12.5. The molecule has 0 spiro atoms. The number of aliphatic hydroxyl groups excluding tert-OH is 2. The van der Waals surface area contributed by atoms with Gasteiger partial charge in [-0.25, -0.2) is 0 Å². The van der Waals surface area contributed by atoms with Gasteiger partial charge in [-0.3, -0.25) is 4.79 Å². The summed E-state index contributed by atoms with van der Waals surface area (Å²) in [7, 11) is 0. The summed E-state index contributed by atoms with van der Waals surface area (Å²) in [4.78, 5) is 12.5. The van der Waals surface area contributed by atoms with Crippen LogP contribution < -0.4 is 5.32 Å². The molecule has 2 unspecified atom stereocenters. The fourth-order valence-corrected chi connectivity index (χ4v) is 8.62. The third-order valence-corrected chi connectivity index (χ3v) is 13.2. The first kappa shape index (κ1) is 67.8. The smallest absolute Gasteiger partial charge is 0.220 e. The van der Waals surface area contributed by atoms with Crippen LogP contribution in [0.15, 0.2) is 122 Å². The molecular weight excluding hydrogens is 867 g/mol. The lowest BCUT2D eigenvalue weighted by molar-refractivity contribution is -0.123. The van der Waals surface area contributed by atoms with Crippen LogP contribution in [0.3, 0.4) is 0 Å². The summed E-state index contributed by atoms with van der Waals surface area (Å²) in [6.45, 7) is 4.19. The molecule has 71 heavy (non-hydrogen) atoms. The number of aliphatic hydroxyl groups is 2. The lowest BCUT2D eigenvalue weighted by atomic mass is 10.0. The highest BCUT2D eigenvalue weighted by Crippen LogP contribution is 2.16. The summed E-state index contributed by atoms with van der Waals surface area (Å²) in [5.74, 6) is -0.0913. The number of allylic oxidation sites excluding steroid dienone is 19. The largest absolute Gasteiger partial charge is 0.394 e. The molecule has 3 N–H and O–H groups in total. The van der Waals surface area contributed by atoms with Gasteiger partial charge in [0.05, 0.1) is 18.8 Å². The van der Waals surface area contributed by atoms with Crippen LogP contribution in [0.5, 0.6) is 0 Å². The van der Waals surface area contributed by atoms with Crippen molar-refractivity contribution < 1.29 is 15.0 Å². The van der Waals surface area contributed by atoms with Crippen LogP contribution in [0.2, 0.25) is 0 Å². The Morgan fingerprint density at radius 3 is 0.986 bits per heavy atom. The topological polar surface area (TPSA) is 69.6 Å². The minimum Gasteiger partial charge on any atom is -0.394 e. The van der Waals surface area contributed by atoms with Gasteiger partial charge in [-0.1, -0.05) is 296 Å². The molecule has 2 atom stereocenters. The third-order valence-electron chi connectivity index (χ3n) is 13.2. The van der Waals surface area contributed by atoms with Gasteiger partial charge in [0.2, 0.25) is 5.91 Å². The van der Waals surface area contributed by atoms with Gasteiger partial charge < -0.3 is 15.5 Å². The van der Waals surface area contributed by atoms with Crippen molar-refractivity contribution in [3.63, 3.8) is 0 Å². The first-order chi connectivity index (χ1) is 35.2. The van der Waals surface area contributed by atoms with Gasteiger partial charge in [-0.15, -0.1) is 0 Å². The number of nitrogens with one attached hydrogen (secondary N) is 1. The second kappa shape index (κ2) is 61.1. The van der Waals surface area contributed by atoms with Crippen LogP contribution in [0.4, 0.5) is 0 Å². The zero-order valence-electron chi connectivity index (χ0n) is 46.7. The van der Waals surface area contributed by atoms with Crippen LogP contribution in [0.25, 0.3) is 0 Å². The molecule has 0 aromatic heterocycles. The van der Waals surface area contributed by atoms with Gasteiger partial charge in [-0.2, -0.15) is 0 Å². The summed E-state index contributed by atoms with van der Waals surface area (Å²) in [6.07, 6.45) is 93.7. The van der Waals surface area contributed by atoms with Crippen LogP contribution in [0, 0.1) is 0 Å². The van der Waals surface area contributed by atoms with Crippen molar-refractivity contribution in [2.75, 3.05) is 6.61 Å². The standard InChI is InChI=1S/C67H115NO3/c1-3-5-7-9-11-13-15-17-19-21-23-25-27-29-31-33-34-35-37-39-41-43-45-47-49-51-53-55-57-59-61-63-67(71)68-65(64-69)66(70)62-60-58-56-54-52-50-48-46-44-42-40-38-36-32-30-28-26-24-22-20-18-16-14-12-10-8-6-4-2/h5,7,11,13,17,19,23,25,29,31,34-35,39,41,45,47,52,54,60,62,65-66,69-70H,3-4,6,8-10,12,14-16,18,20-22,24,26-28,30,32-33,36-38,40,42-44,46,48-51,53,55-59,61,63-64H2,1-2H3,(H,68,71)/b7-5-,13-11-,19-17-,25-23-,31-29-,35-34-,41-39-,47-45-,54-52+,62-60+. The average molecular weight is 983 g/mol. The molecule has 0 aromatic carbocycles. The van der Waals surface area contributed by atoms with Crippen molar-refractivity contribution in [3.8, 4) is 0 Å². The number of rotatable bonds is 54. The van der Waals surface area contributed by atoms with Crippen molar-refractivity contribution in [2.24, 2.45) is 0 Å². The summed E-state index contributed by atoms with van der Waals surface area (Å²) >= 11 is 0. The average Bonchev–Trinajstić information content (AvgIpc) is 3.37. The fourth-order valence-electron chi connectivity index (χ4n) is 8.62. The van der Waals surface area contributed by atoms with E-state index in [4.69, 9.17) is 0 Å². The number of unbranched alkanes of at least 4 members (excludes halogenated alkanes) is 29. The second-order valence-corrected chi connectivity index (χ2v) is 20.0. The van der Waals surface area contributed by atoms with Gasteiger partial charge in [0, 0.05) is 6.42 Å². The number of hydrogen-bond donors (Lipinski definition) is 3. The van der Waals surface area contributed by atoms with E-state index in [2.05, 4.69) is 129 Å². The maximum absolute atomic E-state index is 12.5. The molecule has 0 aliphatic heterocycles. The van der Waals surface area contributed by atoms with E-state index in [0.717, 1.165) is 96.3 Å². The highest BCUT2D eigenvalue weighted by atomic mass is 16.3. The van der Waals surface area contributed by atoms with Crippen LogP contribution in [0.1, 0.15) is 277 Å². The van der Waals surface area contributed by atoms with Gasteiger partial charge in [-0.05, 0) is 96.3 Å². The van der Waals surface area contributed by atoms with Crippen molar-refractivity contribution in [1.29, 1.82) is 0 Å². The quantitative estimate of drug-likeness (QED) is 0.0420. The van der Waals surface area contributed by atoms with Gasteiger partial charge >= 0.3 is 0 Å². The Morgan fingerprint density at radius 2 is 0.634 bits per heavy atom. The van der Waals surface area contributed by atoms with Crippen molar-refractivity contribution in [3.05, 3.63) is 122 Å². The van der Waals surface area contributed by atoms with E-state index >= 15 is 0 Å². The zero-order chi connectivity index (χ0) is 51.3. The van der Waals surface area contributed by atoms with Gasteiger partial charge in [0.1, 0.15) is 0 Å². The summed E-state index contributed by atoms with van der Waals surface area (Å²) < 4.78 is 0. The molecule has 0 aliphatic rings. The molecule has 0 saturated carbocycles. The van der Waals surface area contributed by atoms with E-state index < -0.39 is 12.1 Å². The van der Waals surface area contributed by atoms with E-state index in [1.165, 1.54) is 161 Å².